The minimum absolute atomic E-state index is 0.0457. The van der Waals surface area contributed by atoms with Crippen molar-refractivity contribution >= 4 is 34.4 Å². The second kappa shape index (κ2) is 3.86. The molecule has 1 atom stereocenters. The average molecular weight is 255 g/mol. The molecule has 0 aliphatic carbocycles. The molecule has 1 aromatic heterocycles. The highest BCUT2D eigenvalue weighted by Gasteiger charge is 2.21. The molecular formula is C11H11ClN2OS. The quantitative estimate of drug-likeness (QED) is 0.850. The Labute approximate surface area is 102 Å². The molecule has 0 amide bonds. The molecule has 2 heterocycles. The average Bonchev–Trinajstić information content (AvgIpc) is 2.85. The largest absolute Gasteiger partial charge is 0.326 e. The number of hydrogen-bond donors (Lipinski definition) is 1. The summed E-state index contributed by atoms with van der Waals surface area (Å²) in [5.41, 5.74) is 1.63. The number of rotatable bonds is 1. The molecule has 0 radical (unpaired) electrons. The third-order valence-corrected chi connectivity index (χ3v) is 4.43. The molecule has 1 unspecified atom stereocenters. The van der Waals surface area contributed by atoms with Gasteiger partial charge in [0.05, 0.1) is 16.1 Å². The topological polar surface area (TPSA) is 37.8 Å². The first-order valence-electron chi connectivity index (χ1n) is 5.24. The predicted molar refractivity (Wildman–Crippen MR) is 68.5 cm³/mol. The highest BCUT2D eigenvalue weighted by molar-refractivity contribution is 7.99. The smallest absolute Gasteiger partial charge is 0.304 e. The van der Waals surface area contributed by atoms with E-state index in [-0.39, 0.29) is 5.69 Å². The minimum atomic E-state index is -0.0457. The summed E-state index contributed by atoms with van der Waals surface area (Å²) in [6.07, 6.45) is 1.06. The molecule has 1 fully saturated rings. The van der Waals surface area contributed by atoms with Gasteiger partial charge in [0.2, 0.25) is 0 Å². The third kappa shape index (κ3) is 1.48. The number of benzene rings is 1. The lowest BCUT2D eigenvalue weighted by Gasteiger charge is -2.10. The van der Waals surface area contributed by atoms with E-state index in [9.17, 15) is 4.79 Å². The number of H-pyrrole nitrogens is 1. The molecule has 5 heteroatoms. The van der Waals surface area contributed by atoms with Crippen molar-refractivity contribution in [3.05, 3.63) is 33.7 Å². The Morgan fingerprint density at radius 2 is 2.38 bits per heavy atom. The zero-order chi connectivity index (χ0) is 11.1. The molecule has 2 aromatic rings. The van der Waals surface area contributed by atoms with Gasteiger partial charge in [-0.15, -0.1) is 0 Å². The first-order valence-corrected chi connectivity index (χ1v) is 6.77. The van der Waals surface area contributed by atoms with Crippen LogP contribution in [0.4, 0.5) is 0 Å². The van der Waals surface area contributed by atoms with Crippen molar-refractivity contribution in [1.82, 2.24) is 9.55 Å². The van der Waals surface area contributed by atoms with E-state index < -0.39 is 0 Å². The number of para-hydroxylation sites is 1. The van der Waals surface area contributed by atoms with E-state index in [0.717, 1.165) is 29.0 Å². The highest BCUT2D eigenvalue weighted by Crippen LogP contribution is 2.30. The van der Waals surface area contributed by atoms with Crippen LogP contribution in [0.5, 0.6) is 0 Å². The molecule has 3 nitrogen and oxygen atoms in total. The Bertz CT molecular complexity index is 583. The fourth-order valence-electron chi connectivity index (χ4n) is 2.20. The van der Waals surface area contributed by atoms with Gasteiger partial charge in [-0.1, -0.05) is 17.7 Å². The molecule has 16 heavy (non-hydrogen) atoms. The van der Waals surface area contributed by atoms with Gasteiger partial charge in [0.1, 0.15) is 0 Å². The number of aromatic nitrogens is 2. The second-order valence-corrected chi connectivity index (χ2v) is 5.51. The van der Waals surface area contributed by atoms with E-state index in [4.69, 9.17) is 11.6 Å². The number of fused-ring (bicyclic) bond motifs is 1. The maximum absolute atomic E-state index is 11.9. The molecule has 1 N–H and O–H groups in total. The molecule has 1 saturated heterocycles. The van der Waals surface area contributed by atoms with Crippen molar-refractivity contribution in [3.63, 3.8) is 0 Å². The Hall–Kier alpha value is -0.870. The van der Waals surface area contributed by atoms with E-state index in [1.165, 1.54) is 0 Å². The van der Waals surface area contributed by atoms with E-state index in [1.807, 2.05) is 28.5 Å². The summed E-state index contributed by atoms with van der Waals surface area (Å²) >= 11 is 7.96. The second-order valence-electron chi connectivity index (χ2n) is 3.95. The summed E-state index contributed by atoms with van der Waals surface area (Å²) in [6, 6.07) is 5.94. The Morgan fingerprint density at radius 3 is 3.12 bits per heavy atom. The van der Waals surface area contributed by atoms with E-state index in [0.29, 0.717) is 11.1 Å². The zero-order valence-corrected chi connectivity index (χ0v) is 10.1. The van der Waals surface area contributed by atoms with Gasteiger partial charge < -0.3 is 4.98 Å². The van der Waals surface area contributed by atoms with Crippen molar-refractivity contribution in [1.29, 1.82) is 0 Å². The summed E-state index contributed by atoms with van der Waals surface area (Å²) in [4.78, 5) is 14.8. The van der Waals surface area contributed by atoms with Crippen LogP contribution in [0.25, 0.3) is 11.0 Å². The molecule has 1 aliphatic rings. The van der Waals surface area contributed by atoms with Gasteiger partial charge in [0, 0.05) is 11.8 Å². The Morgan fingerprint density at radius 1 is 1.50 bits per heavy atom. The summed E-state index contributed by atoms with van der Waals surface area (Å²) in [5, 5.41) is 0.610. The van der Waals surface area contributed by atoms with Crippen LogP contribution in [0.3, 0.4) is 0 Å². The van der Waals surface area contributed by atoms with Crippen LogP contribution < -0.4 is 5.69 Å². The molecule has 0 saturated carbocycles. The Balaban J connectivity index is 2.27. The van der Waals surface area contributed by atoms with Gasteiger partial charge in [0.15, 0.2) is 0 Å². The SMILES string of the molecule is O=c1[nH]c2c(Cl)cccc2n1C1CCSC1. The van der Waals surface area contributed by atoms with Crippen molar-refractivity contribution in [2.45, 2.75) is 12.5 Å². The van der Waals surface area contributed by atoms with Crippen molar-refractivity contribution in [2.75, 3.05) is 11.5 Å². The number of thioether (sulfide) groups is 1. The van der Waals surface area contributed by atoms with Crippen LogP contribution in [0.2, 0.25) is 5.02 Å². The molecule has 0 spiro atoms. The van der Waals surface area contributed by atoms with Gasteiger partial charge >= 0.3 is 5.69 Å². The summed E-state index contributed by atoms with van der Waals surface area (Å²) < 4.78 is 1.85. The van der Waals surface area contributed by atoms with E-state index >= 15 is 0 Å². The zero-order valence-electron chi connectivity index (χ0n) is 8.57. The highest BCUT2D eigenvalue weighted by atomic mass is 35.5. The summed E-state index contributed by atoms with van der Waals surface area (Å²) in [6.45, 7) is 0. The fourth-order valence-corrected chi connectivity index (χ4v) is 3.61. The van der Waals surface area contributed by atoms with E-state index in [2.05, 4.69) is 4.98 Å². The molecule has 84 valence electrons. The standard InChI is InChI=1S/C11H11ClN2OS/c12-8-2-1-3-9-10(8)13-11(15)14(9)7-4-5-16-6-7/h1-3,7H,4-6H2,(H,13,15). The first-order chi connectivity index (χ1) is 7.77. The van der Waals surface area contributed by atoms with Gasteiger partial charge in [-0.25, -0.2) is 4.79 Å². The maximum atomic E-state index is 11.9. The summed E-state index contributed by atoms with van der Waals surface area (Å²) in [7, 11) is 0. The van der Waals surface area contributed by atoms with Gasteiger partial charge in [0.25, 0.3) is 0 Å². The maximum Gasteiger partial charge on any atom is 0.326 e. The van der Waals surface area contributed by atoms with Crippen molar-refractivity contribution < 1.29 is 0 Å². The molecule has 0 bridgehead atoms. The van der Waals surface area contributed by atoms with Crippen molar-refractivity contribution in [3.8, 4) is 0 Å². The molecule has 1 aliphatic heterocycles. The van der Waals surface area contributed by atoms with Crippen LogP contribution in [0, 0.1) is 0 Å². The fraction of sp³-hybridized carbons (Fsp3) is 0.364. The number of nitrogens with zero attached hydrogens (tertiary/aromatic N) is 1. The van der Waals surface area contributed by atoms with Crippen molar-refractivity contribution in [2.24, 2.45) is 0 Å². The Kier molecular flexibility index (Phi) is 2.48. The lowest BCUT2D eigenvalue weighted by molar-refractivity contribution is 0.559. The van der Waals surface area contributed by atoms with Crippen LogP contribution >= 0.6 is 23.4 Å². The third-order valence-electron chi connectivity index (χ3n) is 2.97. The van der Waals surface area contributed by atoms with Crippen LogP contribution in [0.1, 0.15) is 12.5 Å². The summed E-state index contributed by atoms with van der Waals surface area (Å²) in [5.74, 6) is 2.14. The van der Waals surface area contributed by atoms with Gasteiger partial charge in [-0.3, -0.25) is 4.57 Å². The molecule has 3 rings (SSSR count). The van der Waals surface area contributed by atoms with Crippen LogP contribution in [-0.4, -0.2) is 21.1 Å². The lowest BCUT2D eigenvalue weighted by atomic mass is 10.2. The van der Waals surface area contributed by atoms with E-state index in [1.54, 1.807) is 6.07 Å². The van der Waals surface area contributed by atoms with Gasteiger partial charge in [-0.2, -0.15) is 11.8 Å². The number of halogens is 1. The predicted octanol–water partition coefficient (Wildman–Crippen LogP) is 2.66. The number of hydrogen-bond acceptors (Lipinski definition) is 2. The van der Waals surface area contributed by atoms with Crippen LogP contribution in [0.15, 0.2) is 23.0 Å². The molecule has 1 aromatic carbocycles. The number of aromatic amines is 1. The number of imidazole rings is 1. The first kappa shape index (κ1) is 10.3. The van der Waals surface area contributed by atoms with Gasteiger partial charge in [-0.05, 0) is 24.3 Å². The van der Waals surface area contributed by atoms with Crippen LogP contribution in [-0.2, 0) is 0 Å². The molecular weight excluding hydrogens is 244 g/mol. The normalized spacial score (nSPS) is 20.7. The minimum Gasteiger partial charge on any atom is -0.304 e. The number of nitrogens with one attached hydrogen (secondary N) is 1. The lowest BCUT2D eigenvalue weighted by Crippen LogP contribution is -2.21. The monoisotopic (exact) mass is 254 g/mol.